The third-order valence-corrected chi connectivity index (χ3v) is 2.69. The number of nitrogens with one attached hydrogen (secondary N) is 1. The average Bonchev–Trinajstić information content (AvgIpc) is 2.47. The van der Waals surface area contributed by atoms with E-state index in [1.54, 1.807) is 0 Å². The molecule has 0 saturated heterocycles. The molecule has 0 spiro atoms. The highest BCUT2D eigenvalue weighted by atomic mass is 32.2. The van der Waals surface area contributed by atoms with Gasteiger partial charge in [0.1, 0.15) is 5.82 Å². The van der Waals surface area contributed by atoms with Gasteiger partial charge in [0.2, 0.25) is 0 Å². The lowest BCUT2D eigenvalue weighted by atomic mass is 10.3. The average molecular weight is 200 g/mol. The Bertz CT molecular complexity index is 263. The SMILES string of the molecule is CC(C)(C)SCc1nc(CN)n[nH]1. The first-order chi connectivity index (χ1) is 6.01. The Kier molecular flexibility index (Phi) is 3.33. The fourth-order valence-corrected chi connectivity index (χ4v) is 1.47. The summed E-state index contributed by atoms with van der Waals surface area (Å²) in [5.41, 5.74) is 5.39. The molecule has 1 aromatic rings. The fourth-order valence-electron chi connectivity index (χ4n) is 0.776. The molecule has 74 valence electrons. The highest BCUT2D eigenvalue weighted by molar-refractivity contribution is 7.99. The van der Waals surface area contributed by atoms with Gasteiger partial charge in [-0.15, -0.1) is 11.8 Å². The number of aromatic nitrogens is 3. The van der Waals surface area contributed by atoms with Crippen molar-refractivity contribution in [2.45, 2.75) is 37.8 Å². The van der Waals surface area contributed by atoms with E-state index < -0.39 is 0 Å². The summed E-state index contributed by atoms with van der Waals surface area (Å²) in [5.74, 6) is 2.45. The number of hydrogen-bond donors (Lipinski definition) is 2. The fraction of sp³-hybridized carbons (Fsp3) is 0.750. The zero-order valence-corrected chi connectivity index (χ0v) is 9.11. The highest BCUT2D eigenvalue weighted by Gasteiger charge is 2.12. The highest BCUT2D eigenvalue weighted by Crippen LogP contribution is 2.25. The maximum Gasteiger partial charge on any atom is 0.164 e. The Balaban J connectivity index is 2.46. The molecule has 0 saturated carbocycles. The van der Waals surface area contributed by atoms with Crippen LogP contribution in [0.1, 0.15) is 32.4 Å². The van der Waals surface area contributed by atoms with Gasteiger partial charge in [-0.25, -0.2) is 4.98 Å². The first-order valence-corrected chi connectivity index (χ1v) is 5.24. The smallest absolute Gasteiger partial charge is 0.164 e. The summed E-state index contributed by atoms with van der Waals surface area (Å²) in [6, 6.07) is 0. The maximum absolute atomic E-state index is 5.39. The number of hydrogen-bond acceptors (Lipinski definition) is 4. The van der Waals surface area contributed by atoms with Crippen LogP contribution in [0.2, 0.25) is 0 Å². The van der Waals surface area contributed by atoms with E-state index in [0.29, 0.717) is 12.4 Å². The number of rotatable bonds is 3. The van der Waals surface area contributed by atoms with Crippen molar-refractivity contribution in [3.63, 3.8) is 0 Å². The first kappa shape index (κ1) is 10.5. The van der Waals surface area contributed by atoms with Crippen LogP contribution in [0.25, 0.3) is 0 Å². The van der Waals surface area contributed by atoms with Crippen molar-refractivity contribution in [3.8, 4) is 0 Å². The number of aromatic amines is 1. The Morgan fingerprint density at radius 2 is 2.15 bits per heavy atom. The normalized spacial score (nSPS) is 12.0. The molecule has 0 amide bonds. The molecule has 5 heteroatoms. The minimum atomic E-state index is 0.260. The maximum atomic E-state index is 5.39. The van der Waals surface area contributed by atoms with Gasteiger partial charge in [-0.1, -0.05) is 20.8 Å². The molecule has 0 fully saturated rings. The lowest BCUT2D eigenvalue weighted by molar-refractivity contribution is 0.800. The van der Waals surface area contributed by atoms with Crippen molar-refractivity contribution >= 4 is 11.8 Å². The predicted molar refractivity (Wildman–Crippen MR) is 55.3 cm³/mol. The van der Waals surface area contributed by atoms with E-state index in [-0.39, 0.29) is 4.75 Å². The topological polar surface area (TPSA) is 67.6 Å². The summed E-state index contributed by atoms with van der Waals surface area (Å²) in [7, 11) is 0. The van der Waals surface area contributed by atoms with E-state index in [1.807, 2.05) is 11.8 Å². The van der Waals surface area contributed by atoms with Crippen LogP contribution >= 0.6 is 11.8 Å². The second-order valence-corrected chi connectivity index (χ2v) is 5.61. The molecule has 0 radical (unpaired) electrons. The van der Waals surface area contributed by atoms with Crippen LogP contribution in [-0.4, -0.2) is 19.9 Å². The van der Waals surface area contributed by atoms with Gasteiger partial charge in [-0.3, -0.25) is 5.10 Å². The number of nitrogens with zero attached hydrogens (tertiary/aromatic N) is 2. The predicted octanol–water partition coefficient (Wildman–Crippen LogP) is 1.30. The van der Waals surface area contributed by atoms with Crippen LogP contribution < -0.4 is 5.73 Å². The van der Waals surface area contributed by atoms with E-state index in [1.165, 1.54) is 0 Å². The second-order valence-electron chi connectivity index (χ2n) is 3.80. The van der Waals surface area contributed by atoms with Gasteiger partial charge in [-0.05, 0) is 0 Å². The van der Waals surface area contributed by atoms with Crippen molar-refractivity contribution in [2.24, 2.45) is 5.73 Å². The molecule has 1 heterocycles. The molecule has 0 atom stereocenters. The second kappa shape index (κ2) is 4.11. The van der Waals surface area contributed by atoms with Gasteiger partial charge in [0.25, 0.3) is 0 Å². The van der Waals surface area contributed by atoms with Crippen LogP contribution in [0.3, 0.4) is 0 Å². The summed E-state index contributed by atoms with van der Waals surface area (Å²) in [6.07, 6.45) is 0. The van der Waals surface area contributed by atoms with Crippen LogP contribution in [0.5, 0.6) is 0 Å². The summed E-state index contributed by atoms with van der Waals surface area (Å²) in [6.45, 7) is 6.93. The van der Waals surface area contributed by atoms with E-state index in [4.69, 9.17) is 5.73 Å². The van der Waals surface area contributed by atoms with E-state index in [0.717, 1.165) is 11.6 Å². The van der Waals surface area contributed by atoms with Crippen molar-refractivity contribution in [1.29, 1.82) is 0 Å². The Hall–Kier alpha value is -0.550. The number of nitrogens with two attached hydrogens (primary N) is 1. The van der Waals surface area contributed by atoms with E-state index in [2.05, 4.69) is 36.0 Å². The zero-order valence-electron chi connectivity index (χ0n) is 8.29. The Labute approximate surface area is 82.7 Å². The van der Waals surface area contributed by atoms with E-state index in [9.17, 15) is 0 Å². The third kappa shape index (κ3) is 3.78. The van der Waals surface area contributed by atoms with Crippen molar-refractivity contribution in [2.75, 3.05) is 0 Å². The van der Waals surface area contributed by atoms with Gasteiger partial charge < -0.3 is 5.73 Å². The number of H-pyrrole nitrogens is 1. The van der Waals surface area contributed by atoms with Gasteiger partial charge in [0.15, 0.2) is 5.82 Å². The van der Waals surface area contributed by atoms with Gasteiger partial charge in [0.05, 0.1) is 12.3 Å². The van der Waals surface area contributed by atoms with Gasteiger partial charge in [0, 0.05) is 4.75 Å². The summed E-state index contributed by atoms with van der Waals surface area (Å²) < 4.78 is 0.260. The van der Waals surface area contributed by atoms with Crippen molar-refractivity contribution in [3.05, 3.63) is 11.6 Å². The van der Waals surface area contributed by atoms with Crippen molar-refractivity contribution < 1.29 is 0 Å². The quantitative estimate of drug-likeness (QED) is 0.771. The zero-order chi connectivity index (χ0) is 9.90. The molecular weight excluding hydrogens is 184 g/mol. The molecule has 0 aromatic carbocycles. The Morgan fingerprint density at radius 1 is 1.46 bits per heavy atom. The first-order valence-electron chi connectivity index (χ1n) is 4.25. The molecule has 13 heavy (non-hydrogen) atoms. The molecule has 0 unspecified atom stereocenters. The lowest BCUT2D eigenvalue weighted by Gasteiger charge is -2.15. The Morgan fingerprint density at radius 3 is 2.62 bits per heavy atom. The monoisotopic (exact) mass is 200 g/mol. The van der Waals surface area contributed by atoms with Crippen LogP contribution in [0, 0.1) is 0 Å². The summed E-state index contributed by atoms with van der Waals surface area (Å²) in [4.78, 5) is 4.22. The molecular formula is C8H16N4S. The minimum Gasteiger partial charge on any atom is -0.324 e. The molecule has 0 bridgehead atoms. The minimum absolute atomic E-state index is 0.260. The molecule has 3 N–H and O–H groups in total. The standard InChI is InChI=1S/C8H16N4S/c1-8(2,3)13-5-7-10-6(4-9)11-12-7/h4-5,9H2,1-3H3,(H,10,11,12). The largest absolute Gasteiger partial charge is 0.324 e. The summed E-state index contributed by atoms with van der Waals surface area (Å²) >= 11 is 1.84. The van der Waals surface area contributed by atoms with Gasteiger partial charge in [-0.2, -0.15) is 5.10 Å². The number of thioether (sulfide) groups is 1. The van der Waals surface area contributed by atoms with Crippen LogP contribution in [0.4, 0.5) is 0 Å². The molecule has 0 aliphatic rings. The van der Waals surface area contributed by atoms with Crippen LogP contribution in [-0.2, 0) is 12.3 Å². The lowest BCUT2D eigenvalue weighted by Crippen LogP contribution is -2.07. The van der Waals surface area contributed by atoms with Crippen LogP contribution in [0.15, 0.2) is 0 Å². The van der Waals surface area contributed by atoms with E-state index >= 15 is 0 Å². The molecule has 0 aliphatic carbocycles. The molecule has 0 aliphatic heterocycles. The summed E-state index contributed by atoms with van der Waals surface area (Å²) in [5, 5.41) is 6.83. The molecule has 4 nitrogen and oxygen atoms in total. The molecule has 1 rings (SSSR count). The van der Waals surface area contributed by atoms with Gasteiger partial charge >= 0.3 is 0 Å². The van der Waals surface area contributed by atoms with Crippen molar-refractivity contribution in [1.82, 2.24) is 15.2 Å². The third-order valence-electron chi connectivity index (χ3n) is 1.40. The molecule has 1 aromatic heterocycles.